The number of hydrogen-bond donors (Lipinski definition) is 2. The van der Waals surface area contributed by atoms with Crippen LogP contribution in [0.25, 0.3) is 0 Å². The first-order valence-electron chi connectivity index (χ1n) is 6.43. The van der Waals surface area contributed by atoms with Gasteiger partial charge in [-0.3, -0.25) is 14.9 Å². The number of hydrogen-bond acceptors (Lipinski definition) is 4. The van der Waals surface area contributed by atoms with Crippen molar-refractivity contribution in [1.29, 1.82) is 0 Å². The fraction of sp³-hybridized carbons (Fsp3) is 0.214. The quantitative estimate of drug-likeness (QED) is 0.629. The smallest absolute Gasteiger partial charge is 0.285 e. The third kappa shape index (κ3) is 3.38. The summed E-state index contributed by atoms with van der Waals surface area (Å²) in [5.74, 6) is -0.329. The summed E-state index contributed by atoms with van der Waals surface area (Å²) in [6.45, 7) is 2.35. The minimum atomic E-state index is -0.590. The molecule has 2 aromatic rings. The lowest BCUT2D eigenvalue weighted by atomic mass is 10.1. The Labute approximate surface area is 121 Å². The predicted octanol–water partition coefficient (Wildman–Crippen LogP) is 2.25. The standard InChI is InChI=1S/C14H15N3O4/c1-2-21-12-5-3-4-11(17(19)20)13(12)14(18)16-9-10-6-7-15-8-10/h3-8,15H,2,9H2,1H3,(H,16,18). The van der Waals surface area contributed by atoms with E-state index in [1.54, 1.807) is 25.4 Å². The van der Waals surface area contributed by atoms with Crippen LogP contribution in [0.4, 0.5) is 5.69 Å². The second kappa shape index (κ2) is 6.56. The van der Waals surface area contributed by atoms with E-state index in [9.17, 15) is 14.9 Å². The molecule has 1 aromatic carbocycles. The number of amides is 1. The summed E-state index contributed by atoms with van der Waals surface area (Å²) >= 11 is 0. The summed E-state index contributed by atoms with van der Waals surface area (Å²) in [6.07, 6.45) is 3.47. The number of aromatic nitrogens is 1. The van der Waals surface area contributed by atoms with Gasteiger partial charge in [0, 0.05) is 25.0 Å². The van der Waals surface area contributed by atoms with E-state index in [1.807, 2.05) is 6.07 Å². The molecule has 7 heteroatoms. The molecule has 1 amide bonds. The number of H-pyrrole nitrogens is 1. The number of ether oxygens (including phenoxy) is 1. The molecule has 21 heavy (non-hydrogen) atoms. The number of nitrogens with zero attached hydrogens (tertiary/aromatic N) is 1. The molecule has 2 rings (SSSR count). The van der Waals surface area contributed by atoms with Gasteiger partial charge in [-0.2, -0.15) is 0 Å². The molecule has 7 nitrogen and oxygen atoms in total. The summed E-state index contributed by atoms with van der Waals surface area (Å²) in [4.78, 5) is 25.6. The molecule has 0 aliphatic carbocycles. The maximum absolute atomic E-state index is 12.3. The van der Waals surface area contributed by atoms with E-state index in [0.717, 1.165) is 5.56 Å². The van der Waals surface area contributed by atoms with Crippen LogP contribution in [0.2, 0.25) is 0 Å². The molecule has 2 N–H and O–H groups in total. The maximum atomic E-state index is 12.3. The van der Waals surface area contributed by atoms with Crippen molar-refractivity contribution in [3.8, 4) is 5.75 Å². The highest BCUT2D eigenvalue weighted by atomic mass is 16.6. The van der Waals surface area contributed by atoms with Gasteiger partial charge in [0.25, 0.3) is 11.6 Å². The fourth-order valence-corrected chi connectivity index (χ4v) is 1.91. The molecule has 0 aliphatic heterocycles. The van der Waals surface area contributed by atoms with Gasteiger partial charge < -0.3 is 15.0 Å². The zero-order chi connectivity index (χ0) is 15.2. The first-order valence-corrected chi connectivity index (χ1v) is 6.43. The first kappa shape index (κ1) is 14.6. The van der Waals surface area contributed by atoms with Gasteiger partial charge in [0.1, 0.15) is 5.75 Å². The Bertz CT molecular complexity index is 638. The number of carbonyl (C=O) groups is 1. The summed E-state index contributed by atoms with van der Waals surface area (Å²) < 4.78 is 5.31. The highest BCUT2D eigenvalue weighted by molar-refractivity contribution is 6.00. The van der Waals surface area contributed by atoms with Crippen LogP contribution in [0.1, 0.15) is 22.8 Å². The van der Waals surface area contributed by atoms with E-state index in [2.05, 4.69) is 10.3 Å². The van der Waals surface area contributed by atoms with Crippen LogP contribution < -0.4 is 10.1 Å². The van der Waals surface area contributed by atoms with Crippen molar-refractivity contribution in [2.75, 3.05) is 6.61 Å². The van der Waals surface area contributed by atoms with Gasteiger partial charge in [-0.25, -0.2) is 0 Å². The molecular weight excluding hydrogens is 274 g/mol. The average Bonchev–Trinajstić information content (AvgIpc) is 2.98. The molecule has 1 aromatic heterocycles. The number of nitro benzene ring substituents is 1. The van der Waals surface area contributed by atoms with E-state index in [-0.39, 0.29) is 23.5 Å². The first-order chi connectivity index (χ1) is 10.1. The highest BCUT2D eigenvalue weighted by Gasteiger charge is 2.24. The molecule has 0 spiro atoms. The van der Waals surface area contributed by atoms with Gasteiger partial charge in [-0.15, -0.1) is 0 Å². The van der Waals surface area contributed by atoms with E-state index in [1.165, 1.54) is 12.1 Å². The van der Waals surface area contributed by atoms with Crippen molar-refractivity contribution in [2.24, 2.45) is 0 Å². The second-order valence-electron chi connectivity index (χ2n) is 4.24. The van der Waals surface area contributed by atoms with Gasteiger partial charge in [-0.05, 0) is 24.6 Å². The Morgan fingerprint density at radius 2 is 2.24 bits per heavy atom. The molecule has 0 bridgehead atoms. The molecule has 0 radical (unpaired) electrons. The number of aromatic amines is 1. The summed E-state index contributed by atoms with van der Waals surface area (Å²) in [5.41, 5.74) is 0.548. The zero-order valence-electron chi connectivity index (χ0n) is 11.5. The van der Waals surface area contributed by atoms with Crippen LogP contribution in [0.15, 0.2) is 36.7 Å². The van der Waals surface area contributed by atoms with Crippen LogP contribution in [0.5, 0.6) is 5.75 Å². The number of nitrogens with one attached hydrogen (secondary N) is 2. The molecule has 1 heterocycles. The lowest BCUT2D eigenvalue weighted by Gasteiger charge is -2.10. The third-order valence-corrected chi connectivity index (χ3v) is 2.84. The van der Waals surface area contributed by atoms with E-state index >= 15 is 0 Å². The number of benzene rings is 1. The lowest BCUT2D eigenvalue weighted by Crippen LogP contribution is -2.24. The van der Waals surface area contributed by atoms with Crippen LogP contribution in [-0.2, 0) is 6.54 Å². The van der Waals surface area contributed by atoms with Crippen molar-refractivity contribution >= 4 is 11.6 Å². The lowest BCUT2D eigenvalue weighted by molar-refractivity contribution is -0.385. The number of rotatable bonds is 6. The van der Waals surface area contributed by atoms with E-state index < -0.39 is 10.8 Å². The molecule has 0 saturated carbocycles. The molecule has 0 atom stereocenters. The monoisotopic (exact) mass is 289 g/mol. The summed E-state index contributed by atoms with van der Waals surface area (Å²) in [6, 6.07) is 6.13. The number of carbonyl (C=O) groups excluding carboxylic acids is 1. The average molecular weight is 289 g/mol. The van der Waals surface area contributed by atoms with Crippen LogP contribution >= 0.6 is 0 Å². The molecule has 0 unspecified atom stereocenters. The van der Waals surface area contributed by atoms with Crippen molar-refractivity contribution in [1.82, 2.24) is 10.3 Å². The largest absolute Gasteiger partial charge is 0.493 e. The Kier molecular flexibility index (Phi) is 4.55. The Morgan fingerprint density at radius 3 is 2.86 bits per heavy atom. The van der Waals surface area contributed by atoms with Gasteiger partial charge in [0.05, 0.1) is 11.5 Å². The SMILES string of the molecule is CCOc1cccc([N+](=O)[O-])c1C(=O)NCc1cc[nH]c1. The van der Waals surface area contributed by atoms with Crippen molar-refractivity contribution in [3.63, 3.8) is 0 Å². The Hall–Kier alpha value is -2.83. The second-order valence-corrected chi connectivity index (χ2v) is 4.24. The zero-order valence-corrected chi connectivity index (χ0v) is 11.5. The van der Waals surface area contributed by atoms with Gasteiger partial charge in [0.2, 0.25) is 0 Å². The van der Waals surface area contributed by atoms with Gasteiger partial charge in [-0.1, -0.05) is 6.07 Å². The molecule has 0 saturated heterocycles. The summed E-state index contributed by atoms with van der Waals surface area (Å²) in [7, 11) is 0. The highest BCUT2D eigenvalue weighted by Crippen LogP contribution is 2.28. The maximum Gasteiger partial charge on any atom is 0.285 e. The third-order valence-electron chi connectivity index (χ3n) is 2.84. The van der Waals surface area contributed by atoms with Gasteiger partial charge >= 0.3 is 0 Å². The van der Waals surface area contributed by atoms with Crippen LogP contribution in [-0.4, -0.2) is 22.4 Å². The van der Waals surface area contributed by atoms with Crippen LogP contribution in [0.3, 0.4) is 0 Å². The van der Waals surface area contributed by atoms with Crippen LogP contribution in [0, 0.1) is 10.1 Å². The summed E-state index contributed by atoms with van der Waals surface area (Å²) in [5, 5.41) is 13.7. The van der Waals surface area contributed by atoms with Crippen molar-refractivity contribution in [3.05, 3.63) is 57.9 Å². The normalized spacial score (nSPS) is 10.1. The fourth-order valence-electron chi connectivity index (χ4n) is 1.91. The van der Waals surface area contributed by atoms with E-state index in [0.29, 0.717) is 6.61 Å². The Balaban J connectivity index is 2.26. The molecule has 110 valence electrons. The minimum absolute atomic E-state index is 0.0557. The molecular formula is C14H15N3O4. The predicted molar refractivity (Wildman–Crippen MR) is 76.2 cm³/mol. The molecule has 0 fully saturated rings. The van der Waals surface area contributed by atoms with E-state index in [4.69, 9.17) is 4.74 Å². The van der Waals surface area contributed by atoms with Crippen molar-refractivity contribution in [2.45, 2.75) is 13.5 Å². The number of nitro groups is 1. The van der Waals surface area contributed by atoms with Crippen molar-refractivity contribution < 1.29 is 14.5 Å². The minimum Gasteiger partial charge on any atom is -0.493 e. The molecule has 0 aliphatic rings. The topological polar surface area (TPSA) is 97.3 Å². The van der Waals surface area contributed by atoms with Gasteiger partial charge in [0.15, 0.2) is 5.56 Å². The Morgan fingerprint density at radius 1 is 1.43 bits per heavy atom.